The SMILES string of the molecule is CC(C)(C)OC(=O)NC1CCC(N(C(=O)CCl)C2CC2)CC1. The molecule has 0 unspecified atom stereocenters. The van der Waals surface area contributed by atoms with E-state index >= 15 is 0 Å². The summed E-state index contributed by atoms with van der Waals surface area (Å²) in [6.45, 7) is 5.57. The topological polar surface area (TPSA) is 58.6 Å². The first kappa shape index (κ1) is 17.4. The molecule has 22 heavy (non-hydrogen) atoms. The largest absolute Gasteiger partial charge is 0.444 e. The summed E-state index contributed by atoms with van der Waals surface area (Å²) in [4.78, 5) is 25.8. The van der Waals surface area contributed by atoms with Gasteiger partial charge >= 0.3 is 6.09 Å². The summed E-state index contributed by atoms with van der Waals surface area (Å²) in [6.07, 6.45) is 5.42. The Morgan fingerprint density at radius 1 is 1.09 bits per heavy atom. The zero-order valence-electron chi connectivity index (χ0n) is 13.7. The minimum Gasteiger partial charge on any atom is -0.444 e. The molecule has 0 atom stereocenters. The summed E-state index contributed by atoms with van der Waals surface area (Å²) in [5.74, 6) is 0.111. The van der Waals surface area contributed by atoms with Gasteiger partial charge in [-0.3, -0.25) is 4.79 Å². The number of carbonyl (C=O) groups is 2. The van der Waals surface area contributed by atoms with Crippen LogP contribution < -0.4 is 5.32 Å². The van der Waals surface area contributed by atoms with Crippen LogP contribution in [0.25, 0.3) is 0 Å². The van der Waals surface area contributed by atoms with Crippen LogP contribution in [0.1, 0.15) is 59.3 Å². The molecule has 0 aliphatic heterocycles. The lowest BCUT2D eigenvalue weighted by Crippen LogP contribution is -2.48. The molecule has 1 N–H and O–H groups in total. The van der Waals surface area contributed by atoms with Gasteiger partial charge in [0.05, 0.1) is 0 Å². The first-order valence-corrected chi connectivity index (χ1v) is 8.70. The van der Waals surface area contributed by atoms with Crippen LogP contribution in [-0.2, 0) is 9.53 Å². The third-order valence-corrected chi connectivity index (χ3v) is 4.38. The van der Waals surface area contributed by atoms with Crippen molar-refractivity contribution in [2.75, 3.05) is 5.88 Å². The summed E-state index contributed by atoms with van der Waals surface area (Å²) in [5.41, 5.74) is -0.475. The van der Waals surface area contributed by atoms with Crippen LogP contribution in [-0.4, -0.2) is 46.5 Å². The quantitative estimate of drug-likeness (QED) is 0.806. The van der Waals surface area contributed by atoms with Crippen LogP contribution in [0.4, 0.5) is 4.79 Å². The van der Waals surface area contributed by atoms with Crippen LogP contribution in [0.15, 0.2) is 0 Å². The monoisotopic (exact) mass is 330 g/mol. The molecule has 2 aliphatic carbocycles. The Morgan fingerprint density at radius 3 is 2.00 bits per heavy atom. The van der Waals surface area contributed by atoms with E-state index in [1.807, 2.05) is 25.7 Å². The van der Waals surface area contributed by atoms with Gasteiger partial charge in [-0.15, -0.1) is 11.6 Å². The number of halogens is 1. The first-order valence-electron chi connectivity index (χ1n) is 8.17. The summed E-state index contributed by atoms with van der Waals surface area (Å²) < 4.78 is 5.29. The zero-order chi connectivity index (χ0) is 16.3. The Balaban J connectivity index is 1.80. The van der Waals surface area contributed by atoms with Crippen molar-refractivity contribution in [3.05, 3.63) is 0 Å². The van der Waals surface area contributed by atoms with Gasteiger partial charge in [-0.05, 0) is 59.3 Å². The number of nitrogens with zero attached hydrogens (tertiary/aromatic N) is 1. The Labute approximate surface area is 137 Å². The Morgan fingerprint density at radius 2 is 1.59 bits per heavy atom. The molecular weight excluding hydrogens is 304 g/mol. The average molecular weight is 331 g/mol. The highest BCUT2D eigenvalue weighted by Crippen LogP contribution is 2.34. The molecule has 0 aromatic heterocycles. The molecule has 2 fully saturated rings. The molecule has 2 saturated carbocycles. The minimum atomic E-state index is -0.475. The summed E-state index contributed by atoms with van der Waals surface area (Å²) in [5, 5.41) is 2.93. The highest BCUT2D eigenvalue weighted by molar-refractivity contribution is 6.27. The van der Waals surface area contributed by atoms with E-state index in [0.29, 0.717) is 6.04 Å². The van der Waals surface area contributed by atoms with Crippen LogP contribution in [0.2, 0.25) is 0 Å². The van der Waals surface area contributed by atoms with E-state index in [2.05, 4.69) is 5.32 Å². The number of amides is 2. The van der Waals surface area contributed by atoms with Gasteiger partial charge in [0.2, 0.25) is 5.91 Å². The van der Waals surface area contributed by atoms with Crippen LogP contribution in [0, 0.1) is 0 Å². The third-order valence-electron chi connectivity index (χ3n) is 4.15. The molecule has 0 spiro atoms. The number of hydrogen-bond acceptors (Lipinski definition) is 3. The van der Waals surface area contributed by atoms with Gasteiger partial charge in [0.1, 0.15) is 11.5 Å². The van der Waals surface area contributed by atoms with E-state index in [9.17, 15) is 9.59 Å². The zero-order valence-corrected chi connectivity index (χ0v) is 14.5. The lowest BCUT2D eigenvalue weighted by molar-refractivity contribution is -0.132. The van der Waals surface area contributed by atoms with Crippen molar-refractivity contribution >= 4 is 23.6 Å². The number of rotatable bonds is 4. The molecule has 5 nitrogen and oxygen atoms in total. The van der Waals surface area contributed by atoms with Gasteiger partial charge < -0.3 is 15.0 Å². The van der Waals surface area contributed by atoms with E-state index in [1.54, 1.807) is 0 Å². The maximum Gasteiger partial charge on any atom is 0.407 e. The molecule has 126 valence electrons. The number of ether oxygens (including phenoxy) is 1. The molecule has 2 aliphatic rings. The van der Waals surface area contributed by atoms with Crippen LogP contribution in [0.5, 0.6) is 0 Å². The second-order valence-corrected chi connectivity index (χ2v) is 7.58. The molecule has 2 amide bonds. The van der Waals surface area contributed by atoms with Gasteiger partial charge in [0.25, 0.3) is 0 Å². The number of alkyl halides is 1. The van der Waals surface area contributed by atoms with Crippen molar-refractivity contribution in [2.24, 2.45) is 0 Å². The van der Waals surface area contributed by atoms with Crippen molar-refractivity contribution in [1.29, 1.82) is 0 Å². The van der Waals surface area contributed by atoms with E-state index < -0.39 is 5.60 Å². The number of alkyl carbamates (subject to hydrolysis) is 1. The van der Waals surface area contributed by atoms with E-state index in [0.717, 1.165) is 38.5 Å². The second kappa shape index (κ2) is 7.07. The summed E-state index contributed by atoms with van der Waals surface area (Å²) in [7, 11) is 0. The Kier molecular flexibility index (Phi) is 5.59. The van der Waals surface area contributed by atoms with Crippen molar-refractivity contribution in [3.8, 4) is 0 Å². The van der Waals surface area contributed by atoms with E-state index in [-0.39, 0.29) is 30.0 Å². The summed E-state index contributed by atoms with van der Waals surface area (Å²) >= 11 is 5.73. The highest BCUT2D eigenvalue weighted by Gasteiger charge is 2.38. The molecule has 0 heterocycles. The molecule has 6 heteroatoms. The Bertz CT molecular complexity index is 410. The lowest BCUT2D eigenvalue weighted by atomic mass is 9.90. The minimum absolute atomic E-state index is 0.0488. The number of carbonyl (C=O) groups excluding carboxylic acids is 2. The fourth-order valence-electron chi connectivity index (χ4n) is 3.10. The predicted octanol–water partition coefficient (Wildman–Crippen LogP) is 3.05. The van der Waals surface area contributed by atoms with Crippen molar-refractivity contribution in [1.82, 2.24) is 10.2 Å². The van der Waals surface area contributed by atoms with Gasteiger partial charge in [-0.2, -0.15) is 0 Å². The highest BCUT2D eigenvalue weighted by atomic mass is 35.5. The third kappa shape index (κ3) is 5.04. The number of nitrogens with one attached hydrogen (secondary N) is 1. The molecule has 0 bridgehead atoms. The van der Waals surface area contributed by atoms with Crippen molar-refractivity contribution < 1.29 is 14.3 Å². The standard InChI is InChI=1S/C16H27ClN2O3/c1-16(2,3)22-15(21)18-11-4-6-12(7-5-11)19(13-8-9-13)14(20)10-17/h11-13H,4-10H2,1-3H3,(H,18,21). The lowest BCUT2D eigenvalue weighted by Gasteiger charge is -2.37. The smallest absolute Gasteiger partial charge is 0.407 e. The normalized spacial score (nSPS) is 25.5. The maximum atomic E-state index is 12.0. The molecular formula is C16H27ClN2O3. The molecule has 0 saturated heterocycles. The molecule has 2 rings (SSSR count). The molecule has 0 aromatic carbocycles. The van der Waals surface area contributed by atoms with Gasteiger partial charge in [-0.1, -0.05) is 0 Å². The van der Waals surface area contributed by atoms with E-state index in [1.165, 1.54) is 0 Å². The summed E-state index contributed by atoms with van der Waals surface area (Å²) in [6, 6.07) is 0.806. The molecule has 0 radical (unpaired) electrons. The second-order valence-electron chi connectivity index (χ2n) is 7.32. The average Bonchev–Trinajstić information content (AvgIpc) is 3.23. The fourth-order valence-corrected chi connectivity index (χ4v) is 3.24. The number of hydrogen-bond donors (Lipinski definition) is 1. The maximum absolute atomic E-state index is 12.0. The van der Waals surface area contributed by atoms with Gasteiger partial charge in [0.15, 0.2) is 0 Å². The van der Waals surface area contributed by atoms with Gasteiger partial charge in [0, 0.05) is 18.1 Å². The predicted molar refractivity (Wildman–Crippen MR) is 86.0 cm³/mol. The van der Waals surface area contributed by atoms with Crippen molar-refractivity contribution in [3.63, 3.8) is 0 Å². The van der Waals surface area contributed by atoms with Crippen molar-refractivity contribution in [2.45, 2.75) is 83.0 Å². The molecule has 0 aromatic rings. The Hall–Kier alpha value is -0.970. The van der Waals surface area contributed by atoms with Crippen LogP contribution in [0.3, 0.4) is 0 Å². The first-order chi connectivity index (χ1) is 10.3. The van der Waals surface area contributed by atoms with Gasteiger partial charge in [-0.25, -0.2) is 4.79 Å². The fraction of sp³-hybridized carbons (Fsp3) is 0.875. The van der Waals surface area contributed by atoms with Crippen LogP contribution >= 0.6 is 11.6 Å². The van der Waals surface area contributed by atoms with E-state index in [4.69, 9.17) is 16.3 Å².